The highest BCUT2D eigenvalue weighted by molar-refractivity contribution is 6.01. The summed E-state index contributed by atoms with van der Waals surface area (Å²) in [5, 5.41) is 7.32. The number of rotatable bonds is 6. The maximum absolute atomic E-state index is 13.3. The minimum atomic E-state index is -0.494. The number of nitrogens with one attached hydrogen (secondary N) is 1. The summed E-state index contributed by atoms with van der Waals surface area (Å²) >= 11 is 0. The Bertz CT molecular complexity index is 1380. The Morgan fingerprint density at radius 2 is 1.66 bits per heavy atom. The molecule has 0 bridgehead atoms. The first kappa shape index (κ1) is 22.2. The van der Waals surface area contributed by atoms with Crippen LogP contribution in [0.2, 0.25) is 0 Å². The molecule has 5 rings (SSSR count). The number of hydrogen-bond donors (Lipinski definition) is 1. The highest BCUT2D eigenvalue weighted by Crippen LogP contribution is 2.39. The van der Waals surface area contributed by atoms with Gasteiger partial charge in [0.15, 0.2) is 0 Å². The topological polar surface area (TPSA) is 89.7 Å². The minimum absolute atomic E-state index is 0.245. The normalized spacial score (nSPS) is 15.7. The predicted octanol–water partition coefficient (Wildman–Crippen LogP) is 5.46. The van der Waals surface area contributed by atoms with Crippen molar-refractivity contribution in [3.63, 3.8) is 0 Å². The van der Waals surface area contributed by atoms with Crippen LogP contribution in [0.25, 0.3) is 17.0 Å². The number of hydrogen-bond acceptors (Lipinski definition) is 6. The summed E-state index contributed by atoms with van der Waals surface area (Å²) in [6.07, 6.45) is 0. The van der Waals surface area contributed by atoms with Gasteiger partial charge in [-0.3, -0.25) is 4.90 Å². The van der Waals surface area contributed by atoms with Gasteiger partial charge in [-0.1, -0.05) is 47.6 Å². The van der Waals surface area contributed by atoms with Crippen molar-refractivity contribution in [1.29, 1.82) is 0 Å². The lowest BCUT2D eigenvalue weighted by atomic mass is 9.94. The molecule has 8 heteroatoms. The minimum Gasteiger partial charge on any atom is -0.497 e. The number of allylic oxidation sites excluding steroid dienone is 1. The zero-order valence-electron chi connectivity index (χ0n) is 19.6. The molecular weight excluding hydrogens is 444 g/mol. The molecule has 2 heterocycles. The van der Waals surface area contributed by atoms with E-state index in [9.17, 15) is 4.79 Å². The number of urea groups is 1. The van der Waals surface area contributed by atoms with E-state index in [0.717, 1.165) is 22.6 Å². The first-order valence-electron chi connectivity index (χ1n) is 11.1. The fourth-order valence-electron chi connectivity index (χ4n) is 4.17. The van der Waals surface area contributed by atoms with Gasteiger partial charge in [0.05, 0.1) is 31.5 Å². The Morgan fingerprint density at radius 3 is 2.37 bits per heavy atom. The van der Waals surface area contributed by atoms with Crippen LogP contribution >= 0.6 is 0 Å². The van der Waals surface area contributed by atoms with Gasteiger partial charge in [-0.2, -0.15) is 4.98 Å². The quantitative estimate of drug-likeness (QED) is 0.404. The van der Waals surface area contributed by atoms with Gasteiger partial charge in [0.2, 0.25) is 5.82 Å². The summed E-state index contributed by atoms with van der Waals surface area (Å²) in [5.74, 6) is 2.17. The number of methoxy groups -OCH3 is 2. The molecular formula is C27H24N4O4. The Morgan fingerprint density at radius 1 is 0.914 bits per heavy atom. The smallest absolute Gasteiger partial charge is 0.326 e. The van der Waals surface area contributed by atoms with Crippen molar-refractivity contribution in [2.24, 2.45) is 0 Å². The van der Waals surface area contributed by atoms with Gasteiger partial charge in [-0.15, -0.1) is 0 Å². The van der Waals surface area contributed by atoms with Crippen LogP contribution in [0.1, 0.15) is 24.4 Å². The first-order chi connectivity index (χ1) is 17.1. The van der Waals surface area contributed by atoms with Gasteiger partial charge in [0, 0.05) is 11.3 Å². The monoisotopic (exact) mass is 468 g/mol. The highest BCUT2D eigenvalue weighted by atomic mass is 16.5. The van der Waals surface area contributed by atoms with Crippen LogP contribution < -0.4 is 19.7 Å². The number of anilines is 1. The molecule has 1 aromatic heterocycles. The Labute approximate surface area is 202 Å². The zero-order chi connectivity index (χ0) is 24.4. The molecule has 4 aromatic rings. The molecule has 176 valence electrons. The molecule has 0 spiro atoms. The molecule has 35 heavy (non-hydrogen) atoms. The first-order valence-corrected chi connectivity index (χ1v) is 11.1. The van der Waals surface area contributed by atoms with Crippen LogP contribution in [0.15, 0.2) is 89.1 Å². The molecule has 1 aliphatic rings. The summed E-state index contributed by atoms with van der Waals surface area (Å²) in [6, 6.07) is 23.7. The molecule has 0 fully saturated rings. The van der Waals surface area contributed by atoms with Crippen molar-refractivity contribution < 1.29 is 18.8 Å². The number of amides is 2. The lowest BCUT2D eigenvalue weighted by Crippen LogP contribution is -2.46. The Kier molecular flexibility index (Phi) is 5.93. The molecule has 8 nitrogen and oxygen atoms in total. The predicted molar refractivity (Wildman–Crippen MR) is 132 cm³/mol. The second kappa shape index (κ2) is 9.34. The molecule has 3 aromatic carbocycles. The van der Waals surface area contributed by atoms with Gasteiger partial charge < -0.3 is 19.3 Å². The average Bonchev–Trinajstić information content (AvgIpc) is 3.39. The molecule has 1 aliphatic heterocycles. The van der Waals surface area contributed by atoms with Crippen LogP contribution in [0.3, 0.4) is 0 Å². The molecule has 1 N–H and O–H groups in total. The Balaban J connectivity index is 1.63. The molecule has 2 amide bonds. The van der Waals surface area contributed by atoms with Crippen LogP contribution in [-0.2, 0) is 0 Å². The third kappa shape index (κ3) is 4.21. The lowest BCUT2D eigenvalue weighted by Gasteiger charge is -2.35. The van der Waals surface area contributed by atoms with E-state index in [1.807, 2.05) is 85.8 Å². The average molecular weight is 469 g/mol. The van der Waals surface area contributed by atoms with E-state index in [4.69, 9.17) is 19.0 Å². The fourth-order valence-corrected chi connectivity index (χ4v) is 4.17. The fraction of sp³-hybridized carbons (Fsp3) is 0.148. The third-order valence-electron chi connectivity index (χ3n) is 5.93. The van der Waals surface area contributed by atoms with E-state index in [-0.39, 0.29) is 6.03 Å². The van der Waals surface area contributed by atoms with Crippen molar-refractivity contribution in [2.75, 3.05) is 19.1 Å². The molecule has 1 atom stereocenters. The zero-order valence-corrected chi connectivity index (χ0v) is 19.6. The van der Waals surface area contributed by atoms with Crippen LogP contribution in [0.5, 0.6) is 11.5 Å². The molecule has 1 unspecified atom stereocenters. The standard InChI is InChI=1S/C27H24N4O4/c1-17-23(26-29-25(30-35-26)19-8-7-11-22(16-19)34-3)24(18-12-14-21(33-2)15-13-18)28-27(32)31(17)20-9-5-4-6-10-20/h4-16,24H,1-3H3,(H,28,32). The van der Waals surface area contributed by atoms with Crippen molar-refractivity contribution in [3.05, 3.63) is 96.0 Å². The molecule has 0 saturated heterocycles. The maximum atomic E-state index is 13.3. The number of carbonyl (C=O) groups excluding carboxylic acids is 1. The van der Waals surface area contributed by atoms with Crippen LogP contribution in [0.4, 0.5) is 10.5 Å². The van der Waals surface area contributed by atoms with Gasteiger partial charge in [-0.25, -0.2) is 4.79 Å². The number of aromatic nitrogens is 2. The van der Waals surface area contributed by atoms with Crippen molar-refractivity contribution in [3.8, 4) is 22.9 Å². The van der Waals surface area contributed by atoms with E-state index in [1.54, 1.807) is 19.1 Å². The van der Waals surface area contributed by atoms with Gasteiger partial charge in [0.1, 0.15) is 11.5 Å². The third-order valence-corrected chi connectivity index (χ3v) is 5.93. The van der Waals surface area contributed by atoms with Crippen molar-refractivity contribution in [2.45, 2.75) is 13.0 Å². The van der Waals surface area contributed by atoms with Gasteiger partial charge in [0.25, 0.3) is 5.89 Å². The summed E-state index contributed by atoms with van der Waals surface area (Å²) in [4.78, 5) is 19.6. The number of nitrogens with zero attached hydrogens (tertiary/aromatic N) is 3. The summed E-state index contributed by atoms with van der Waals surface area (Å²) in [7, 11) is 3.22. The van der Waals surface area contributed by atoms with E-state index >= 15 is 0 Å². The van der Waals surface area contributed by atoms with Crippen LogP contribution in [-0.4, -0.2) is 30.4 Å². The molecule has 0 aliphatic carbocycles. The highest BCUT2D eigenvalue weighted by Gasteiger charge is 2.36. The summed E-state index contributed by atoms with van der Waals surface area (Å²) in [5.41, 5.74) is 3.77. The van der Waals surface area contributed by atoms with Crippen LogP contribution in [0, 0.1) is 0 Å². The lowest BCUT2D eigenvalue weighted by molar-refractivity contribution is 0.244. The largest absolute Gasteiger partial charge is 0.497 e. The SMILES string of the molecule is COc1ccc(C2NC(=O)N(c3ccccc3)C(C)=C2c2nc(-c3cccc(OC)c3)no2)cc1. The number of para-hydroxylation sites is 1. The van der Waals surface area contributed by atoms with Crippen molar-refractivity contribution >= 4 is 17.3 Å². The van der Waals surface area contributed by atoms with E-state index in [1.165, 1.54) is 0 Å². The number of carbonyl (C=O) groups is 1. The Hall–Kier alpha value is -4.59. The number of ether oxygens (including phenoxy) is 2. The molecule has 0 radical (unpaired) electrons. The van der Waals surface area contributed by atoms with Gasteiger partial charge >= 0.3 is 6.03 Å². The summed E-state index contributed by atoms with van der Waals surface area (Å²) in [6.45, 7) is 1.88. The maximum Gasteiger partial charge on any atom is 0.326 e. The second-order valence-electron chi connectivity index (χ2n) is 7.98. The van der Waals surface area contributed by atoms with E-state index < -0.39 is 6.04 Å². The molecule has 0 saturated carbocycles. The second-order valence-corrected chi connectivity index (χ2v) is 7.98. The van der Waals surface area contributed by atoms with Gasteiger partial charge in [-0.05, 0) is 48.9 Å². The number of benzene rings is 3. The summed E-state index contributed by atoms with van der Waals surface area (Å²) < 4.78 is 16.4. The van der Waals surface area contributed by atoms with E-state index in [2.05, 4.69) is 10.5 Å². The van der Waals surface area contributed by atoms with E-state index in [0.29, 0.717) is 28.7 Å². The van der Waals surface area contributed by atoms with Crippen molar-refractivity contribution in [1.82, 2.24) is 15.5 Å².